The topological polar surface area (TPSA) is 83.6 Å². The van der Waals surface area contributed by atoms with Crippen LogP contribution in [0.2, 0.25) is 0 Å². The minimum Gasteiger partial charge on any atom is -0.481 e. The molecule has 2 fully saturated rings. The number of nitrogens with two attached hydrogens (primary N) is 1. The van der Waals surface area contributed by atoms with Crippen LogP contribution < -0.4 is 5.73 Å². The molecule has 14 heavy (non-hydrogen) atoms. The highest BCUT2D eigenvalue weighted by atomic mass is 16.4. The Morgan fingerprint density at radius 2 is 2.21 bits per heavy atom. The molecule has 3 atom stereocenters. The molecule has 1 unspecified atom stereocenters. The maximum atomic E-state index is 10.9. The average Bonchev–Trinajstić information content (AvgIpc) is 2.75. The van der Waals surface area contributed by atoms with Gasteiger partial charge in [-0.05, 0) is 18.8 Å². The van der Waals surface area contributed by atoms with E-state index in [0.29, 0.717) is 6.54 Å². The van der Waals surface area contributed by atoms with Crippen LogP contribution in [0.1, 0.15) is 12.8 Å². The molecule has 0 aromatic heterocycles. The van der Waals surface area contributed by atoms with Crippen molar-refractivity contribution in [1.82, 2.24) is 4.90 Å². The summed E-state index contributed by atoms with van der Waals surface area (Å²) in [7, 11) is 0. The fourth-order valence-corrected chi connectivity index (χ4v) is 2.03. The third-order valence-electron chi connectivity index (χ3n) is 3.17. The van der Waals surface area contributed by atoms with Crippen LogP contribution in [-0.4, -0.2) is 41.0 Å². The van der Waals surface area contributed by atoms with Crippen molar-refractivity contribution >= 4 is 11.9 Å². The quantitative estimate of drug-likeness (QED) is 0.623. The number of primary amides is 1. The van der Waals surface area contributed by atoms with Gasteiger partial charge in [-0.1, -0.05) is 0 Å². The summed E-state index contributed by atoms with van der Waals surface area (Å²) in [6.07, 6.45) is 1.57. The molecule has 3 N–H and O–H groups in total. The van der Waals surface area contributed by atoms with Crippen LogP contribution in [-0.2, 0) is 9.59 Å². The lowest BCUT2D eigenvalue weighted by Gasteiger charge is -2.38. The highest BCUT2D eigenvalue weighted by Gasteiger charge is 2.46. The molecule has 0 bridgehead atoms. The summed E-state index contributed by atoms with van der Waals surface area (Å²) in [4.78, 5) is 23.4. The molecule has 1 aliphatic heterocycles. The van der Waals surface area contributed by atoms with Gasteiger partial charge < -0.3 is 10.8 Å². The molecule has 2 aliphatic rings. The Hall–Kier alpha value is -1.10. The first-order valence-corrected chi connectivity index (χ1v) is 4.85. The lowest BCUT2D eigenvalue weighted by atomic mass is 10.0. The molecule has 1 aliphatic carbocycles. The van der Waals surface area contributed by atoms with Gasteiger partial charge in [0, 0.05) is 13.1 Å². The molecular formula is C9H14N2O3. The Balaban J connectivity index is 1.78. The smallest absolute Gasteiger partial charge is 0.306 e. The van der Waals surface area contributed by atoms with Crippen LogP contribution in [0.4, 0.5) is 0 Å². The monoisotopic (exact) mass is 198 g/mol. The van der Waals surface area contributed by atoms with E-state index in [1.807, 2.05) is 4.90 Å². The standard InChI is InChI=1S/C9H14N2O3/c10-8(12)7-1-2-11(7)4-5-3-6(5)9(13)14/h5-7H,1-4H2,(H2,10,12)(H,13,14)/t5-,6+,7?/m0/s1. The normalized spacial score (nSPS) is 36.1. The summed E-state index contributed by atoms with van der Waals surface area (Å²) in [6, 6.07) is -0.148. The van der Waals surface area contributed by atoms with E-state index in [0.717, 1.165) is 19.4 Å². The second-order valence-electron chi connectivity index (χ2n) is 4.14. The van der Waals surface area contributed by atoms with E-state index in [-0.39, 0.29) is 23.8 Å². The van der Waals surface area contributed by atoms with Crippen LogP contribution in [0, 0.1) is 11.8 Å². The molecule has 1 amide bonds. The van der Waals surface area contributed by atoms with E-state index in [9.17, 15) is 9.59 Å². The van der Waals surface area contributed by atoms with Gasteiger partial charge in [-0.3, -0.25) is 14.5 Å². The first-order chi connectivity index (χ1) is 6.59. The molecule has 1 saturated carbocycles. The van der Waals surface area contributed by atoms with Gasteiger partial charge >= 0.3 is 5.97 Å². The highest BCUT2D eigenvalue weighted by Crippen LogP contribution is 2.40. The zero-order chi connectivity index (χ0) is 10.3. The Bertz CT molecular complexity index is 279. The number of aliphatic carboxylic acids is 1. The van der Waals surface area contributed by atoms with Crippen molar-refractivity contribution in [1.29, 1.82) is 0 Å². The first-order valence-electron chi connectivity index (χ1n) is 4.85. The van der Waals surface area contributed by atoms with Gasteiger partial charge in [0.1, 0.15) is 0 Å². The van der Waals surface area contributed by atoms with Gasteiger partial charge in [0.25, 0.3) is 0 Å². The lowest BCUT2D eigenvalue weighted by Crippen LogP contribution is -2.55. The molecule has 2 rings (SSSR count). The summed E-state index contributed by atoms with van der Waals surface area (Å²) in [5.74, 6) is -0.964. The average molecular weight is 198 g/mol. The van der Waals surface area contributed by atoms with Gasteiger partial charge in [-0.2, -0.15) is 0 Å². The molecule has 0 spiro atoms. The number of rotatable bonds is 4. The Morgan fingerprint density at radius 3 is 2.57 bits per heavy atom. The first kappa shape index (κ1) is 9.45. The number of carboxylic acids is 1. The van der Waals surface area contributed by atoms with E-state index in [4.69, 9.17) is 10.8 Å². The summed E-state index contributed by atoms with van der Waals surface area (Å²) in [5.41, 5.74) is 5.18. The summed E-state index contributed by atoms with van der Waals surface area (Å²) in [6.45, 7) is 1.58. The zero-order valence-corrected chi connectivity index (χ0v) is 7.85. The molecule has 1 heterocycles. The van der Waals surface area contributed by atoms with E-state index in [1.54, 1.807) is 0 Å². The Labute approximate surface area is 81.9 Å². The predicted octanol–water partition coefficient (Wildman–Crippen LogP) is -0.733. The molecule has 78 valence electrons. The summed E-state index contributed by atoms with van der Waals surface area (Å²) < 4.78 is 0. The summed E-state index contributed by atoms with van der Waals surface area (Å²) >= 11 is 0. The number of carbonyl (C=O) groups is 2. The molecule has 0 radical (unpaired) electrons. The van der Waals surface area contributed by atoms with Gasteiger partial charge in [-0.15, -0.1) is 0 Å². The predicted molar refractivity (Wildman–Crippen MR) is 48.4 cm³/mol. The molecule has 0 aromatic rings. The van der Waals surface area contributed by atoms with Gasteiger partial charge in [0.05, 0.1) is 12.0 Å². The Morgan fingerprint density at radius 1 is 1.50 bits per heavy atom. The number of hydrogen-bond acceptors (Lipinski definition) is 3. The van der Waals surface area contributed by atoms with Crippen molar-refractivity contribution in [2.24, 2.45) is 17.6 Å². The van der Waals surface area contributed by atoms with Gasteiger partial charge in [-0.25, -0.2) is 0 Å². The number of amides is 1. The lowest BCUT2D eigenvalue weighted by molar-refractivity contribution is -0.139. The summed E-state index contributed by atoms with van der Waals surface area (Å²) in [5, 5.41) is 8.69. The van der Waals surface area contributed by atoms with Gasteiger partial charge in [0.15, 0.2) is 0 Å². The van der Waals surface area contributed by atoms with Crippen molar-refractivity contribution in [3.63, 3.8) is 0 Å². The molecule has 1 saturated heterocycles. The van der Waals surface area contributed by atoms with Crippen molar-refractivity contribution in [3.05, 3.63) is 0 Å². The largest absolute Gasteiger partial charge is 0.481 e. The molecular weight excluding hydrogens is 184 g/mol. The van der Waals surface area contributed by atoms with Crippen molar-refractivity contribution < 1.29 is 14.7 Å². The number of carboxylic acid groups (broad SMARTS) is 1. The SMILES string of the molecule is NC(=O)C1CCN1C[C@@H]1C[C@H]1C(=O)O. The van der Waals surface area contributed by atoms with E-state index in [1.165, 1.54) is 0 Å². The second-order valence-corrected chi connectivity index (χ2v) is 4.14. The minimum absolute atomic E-state index is 0.148. The van der Waals surface area contributed by atoms with Crippen LogP contribution in [0.25, 0.3) is 0 Å². The molecule has 5 nitrogen and oxygen atoms in total. The van der Waals surface area contributed by atoms with Crippen LogP contribution in [0.3, 0.4) is 0 Å². The number of hydrogen-bond donors (Lipinski definition) is 2. The van der Waals surface area contributed by atoms with Gasteiger partial charge in [0.2, 0.25) is 5.91 Å². The fraction of sp³-hybridized carbons (Fsp3) is 0.778. The number of carbonyl (C=O) groups excluding carboxylic acids is 1. The second kappa shape index (κ2) is 3.24. The van der Waals surface area contributed by atoms with Crippen molar-refractivity contribution in [2.75, 3.05) is 13.1 Å². The van der Waals surface area contributed by atoms with Crippen molar-refractivity contribution in [3.8, 4) is 0 Å². The Kier molecular flexibility index (Phi) is 2.19. The molecule has 5 heteroatoms. The maximum Gasteiger partial charge on any atom is 0.306 e. The highest BCUT2D eigenvalue weighted by molar-refractivity contribution is 5.80. The third kappa shape index (κ3) is 1.59. The van der Waals surface area contributed by atoms with Crippen molar-refractivity contribution in [2.45, 2.75) is 18.9 Å². The number of nitrogens with zero attached hydrogens (tertiary/aromatic N) is 1. The van der Waals surface area contributed by atoms with Crippen LogP contribution in [0.15, 0.2) is 0 Å². The van der Waals surface area contributed by atoms with Crippen LogP contribution in [0.5, 0.6) is 0 Å². The molecule has 0 aromatic carbocycles. The van der Waals surface area contributed by atoms with E-state index < -0.39 is 5.97 Å². The maximum absolute atomic E-state index is 10.9. The third-order valence-corrected chi connectivity index (χ3v) is 3.17. The fourth-order valence-electron chi connectivity index (χ4n) is 2.03. The van der Waals surface area contributed by atoms with E-state index in [2.05, 4.69) is 0 Å². The zero-order valence-electron chi connectivity index (χ0n) is 7.85. The minimum atomic E-state index is -0.717. The van der Waals surface area contributed by atoms with E-state index >= 15 is 0 Å². The number of likely N-dealkylation sites (tertiary alicyclic amines) is 1. The van der Waals surface area contributed by atoms with Crippen LogP contribution >= 0.6 is 0 Å².